The number of piperidine rings is 1. The van der Waals surface area contributed by atoms with Crippen molar-refractivity contribution in [3.63, 3.8) is 0 Å². The maximum atomic E-state index is 13.7. The lowest BCUT2D eigenvalue weighted by molar-refractivity contribution is 0.0701. The van der Waals surface area contributed by atoms with Crippen LogP contribution in [0.4, 0.5) is 14.5 Å². The van der Waals surface area contributed by atoms with E-state index in [2.05, 4.69) is 10.3 Å². The molecule has 0 bridgehead atoms. The van der Waals surface area contributed by atoms with Gasteiger partial charge in [-0.2, -0.15) is 0 Å². The number of likely N-dealkylation sites (tertiary alicyclic amines) is 1. The number of oxazole rings is 1. The SMILES string of the molecule is CNC(=O)c1c(-c2ccc(F)cc2)oc2cc(N(C)SC)c([C@@H]3CCCN(C(=O)c4coc(-c5ccc(F)cc5)n4)C3)cc12. The van der Waals surface area contributed by atoms with Crippen molar-refractivity contribution in [2.45, 2.75) is 18.8 Å². The highest BCUT2D eigenvalue weighted by atomic mass is 32.2. The van der Waals surface area contributed by atoms with Gasteiger partial charge in [0.2, 0.25) is 5.89 Å². The number of fused-ring (bicyclic) bond motifs is 1. The van der Waals surface area contributed by atoms with Gasteiger partial charge >= 0.3 is 0 Å². The topological polar surface area (TPSA) is 91.8 Å². The lowest BCUT2D eigenvalue weighted by Crippen LogP contribution is -2.39. The first-order valence-corrected chi connectivity index (χ1v) is 15.3. The van der Waals surface area contributed by atoms with Crippen LogP contribution in [0.15, 0.2) is 75.8 Å². The summed E-state index contributed by atoms with van der Waals surface area (Å²) in [5, 5.41) is 3.35. The second-order valence-corrected chi connectivity index (χ2v) is 11.5. The molecule has 1 saturated heterocycles. The van der Waals surface area contributed by atoms with Crippen LogP contribution in [0.1, 0.15) is 45.2 Å². The van der Waals surface area contributed by atoms with Crippen LogP contribution in [0.2, 0.25) is 0 Å². The molecule has 0 spiro atoms. The predicted molar refractivity (Wildman–Crippen MR) is 167 cm³/mol. The zero-order chi connectivity index (χ0) is 31.0. The second kappa shape index (κ2) is 12.2. The summed E-state index contributed by atoms with van der Waals surface area (Å²) in [5.74, 6) is -0.750. The Balaban J connectivity index is 1.36. The summed E-state index contributed by atoms with van der Waals surface area (Å²) >= 11 is 1.53. The van der Waals surface area contributed by atoms with E-state index in [1.165, 1.54) is 42.5 Å². The van der Waals surface area contributed by atoms with Gasteiger partial charge in [-0.3, -0.25) is 9.59 Å². The maximum Gasteiger partial charge on any atom is 0.275 e. The van der Waals surface area contributed by atoms with Crippen molar-refractivity contribution in [3.8, 4) is 22.8 Å². The van der Waals surface area contributed by atoms with Gasteiger partial charge in [-0.1, -0.05) is 11.9 Å². The highest BCUT2D eigenvalue weighted by Crippen LogP contribution is 2.42. The van der Waals surface area contributed by atoms with Crippen molar-refractivity contribution in [1.29, 1.82) is 0 Å². The molecule has 44 heavy (non-hydrogen) atoms. The number of benzene rings is 3. The van der Waals surface area contributed by atoms with Gasteiger partial charge in [-0.15, -0.1) is 0 Å². The normalized spacial score (nSPS) is 15.0. The fourth-order valence-electron chi connectivity index (χ4n) is 5.68. The van der Waals surface area contributed by atoms with Gasteiger partial charge in [0.15, 0.2) is 5.69 Å². The number of aromatic nitrogens is 1. The largest absolute Gasteiger partial charge is 0.455 e. The number of nitrogens with zero attached hydrogens (tertiary/aromatic N) is 3. The quantitative estimate of drug-likeness (QED) is 0.195. The van der Waals surface area contributed by atoms with Crippen LogP contribution in [0.3, 0.4) is 0 Å². The molecule has 8 nitrogen and oxygen atoms in total. The number of halogens is 2. The molecule has 5 aromatic rings. The summed E-state index contributed by atoms with van der Waals surface area (Å²) in [7, 11) is 3.51. The first-order valence-electron chi connectivity index (χ1n) is 14.1. The molecule has 0 radical (unpaired) electrons. The Morgan fingerprint density at radius 2 is 1.73 bits per heavy atom. The van der Waals surface area contributed by atoms with Crippen molar-refractivity contribution in [2.75, 3.05) is 37.7 Å². The molecule has 0 aliphatic carbocycles. The molecule has 1 N–H and O–H groups in total. The summed E-state index contributed by atoms with van der Waals surface area (Å²) in [4.78, 5) is 32.9. The molecule has 1 fully saturated rings. The summed E-state index contributed by atoms with van der Waals surface area (Å²) < 4.78 is 40.9. The number of hydrogen-bond acceptors (Lipinski definition) is 7. The molecule has 0 saturated carbocycles. The van der Waals surface area contributed by atoms with Crippen molar-refractivity contribution in [1.82, 2.24) is 15.2 Å². The zero-order valence-corrected chi connectivity index (χ0v) is 25.2. The van der Waals surface area contributed by atoms with Crippen LogP contribution in [0.25, 0.3) is 33.7 Å². The van der Waals surface area contributed by atoms with E-state index in [0.717, 1.165) is 24.1 Å². The van der Waals surface area contributed by atoms with Gasteiger partial charge < -0.3 is 23.4 Å². The Hall–Kier alpha value is -4.64. The fraction of sp³-hybridized carbons (Fsp3) is 0.242. The number of furan rings is 1. The van der Waals surface area contributed by atoms with Crippen LogP contribution in [-0.2, 0) is 0 Å². The average Bonchev–Trinajstić information content (AvgIpc) is 3.69. The third-order valence-corrected chi connectivity index (χ3v) is 8.72. The first-order chi connectivity index (χ1) is 21.3. The van der Waals surface area contributed by atoms with E-state index in [1.807, 2.05) is 29.7 Å². The van der Waals surface area contributed by atoms with Gasteiger partial charge in [0.25, 0.3) is 11.8 Å². The third kappa shape index (κ3) is 5.55. The molecule has 6 rings (SSSR count). The molecule has 1 aliphatic heterocycles. The number of nitrogens with one attached hydrogen (secondary N) is 1. The molecule has 2 amide bonds. The predicted octanol–water partition coefficient (Wildman–Crippen LogP) is 7.13. The number of anilines is 1. The van der Waals surface area contributed by atoms with Crippen LogP contribution in [0, 0.1) is 11.6 Å². The van der Waals surface area contributed by atoms with E-state index in [-0.39, 0.29) is 41.0 Å². The van der Waals surface area contributed by atoms with E-state index < -0.39 is 0 Å². The Kier molecular flexibility index (Phi) is 8.13. The number of carbonyl (C=O) groups excluding carboxylic acids is 2. The molecular formula is C33H30F2N4O4S. The summed E-state index contributed by atoms with van der Waals surface area (Å²) in [6.07, 6.45) is 4.91. The van der Waals surface area contributed by atoms with E-state index in [0.29, 0.717) is 46.5 Å². The minimum atomic E-state index is -0.383. The van der Waals surface area contributed by atoms with Crippen LogP contribution < -0.4 is 9.62 Å². The molecule has 226 valence electrons. The standard InChI is InChI=1S/C33H30F2N4O4S/c1-36-31(40)29-25-15-24(27(38(2)44-3)16-28(25)43-30(29)19-6-10-22(34)11-7-19)21-5-4-14-39(17-21)33(41)26-18-42-32(37-26)20-8-12-23(35)13-9-20/h6-13,15-16,18,21H,4-5,14,17H2,1-3H3,(H,36,40)/t21-/m1/s1. The van der Waals surface area contributed by atoms with E-state index >= 15 is 0 Å². The van der Waals surface area contributed by atoms with Crippen molar-refractivity contribution in [3.05, 3.63) is 95.4 Å². The molecular weight excluding hydrogens is 586 g/mol. The Morgan fingerprint density at radius 1 is 1.05 bits per heavy atom. The summed E-state index contributed by atoms with van der Waals surface area (Å²) in [6, 6.07) is 15.5. The summed E-state index contributed by atoms with van der Waals surface area (Å²) in [5.41, 5.74) is 4.14. The Bertz CT molecular complexity index is 1840. The number of hydrogen-bond donors (Lipinski definition) is 1. The fourth-order valence-corrected chi connectivity index (χ4v) is 6.03. The number of amides is 2. The average molecular weight is 617 g/mol. The van der Waals surface area contributed by atoms with Crippen LogP contribution in [-0.4, -0.2) is 55.1 Å². The third-order valence-electron chi connectivity index (χ3n) is 7.97. The molecule has 3 aromatic carbocycles. The van der Waals surface area contributed by atoms with Crippen molar-refractivity contribution < 1.29 is 27.2 Å². The second-order valence-electron chi connectivity index (χ2n) is 10.6. The van der Waals surface area contributed by atoms with Gasteiger partial charge in [0, 0.05) is 61.9 Å². The molecule has 11 heteroatoms. The van der Waals surface area contributed by atoms with Gasteiger partial charge in [0.1, 0.15) is 29.2 Å². The minimum absolute atomic E-state index is 0.0353. The Morgan fingerprint density at radius 3 is 2.39 bits per heavy atom. The first kappa shape index (κ1) is 29.4. The van der Waals surface area contributed by atoms with Crippen LogP contribution >= 0.6 is 11.9 Å². The van der Waals surface area contributed by atoms with Crippen molar-refractivity contribution in [2.24, 2.45) is 0 Å². The highest BCUT2D eigenvalue weighted by Gasteiger charge is 2.31. The maximum absolute atomic E-state index is 13.7. The van der Waals surface area contributed by atoms with E-state index in [1.54, 1.807) is 36.2 Å². The smallest absolute Gasteiger partial charge is 0.275 e. The number of carbonyl (C=O) groups is 2. The molecule has 3 heterocycles. The van der Waals surface area contributed by atoms with E-state index in [9.17, 15) is 18.4 Å². The summed E-state index contributed by atoms with van der Waals surface area (Å²) in [6.45, 7) is 1.00. The van der Waals surface area contributed by atoms with Gasteiger partial charge in [0.05, 0.1) is 11.3 Å². The minimum Gasteiger partial charge on any atom is -0.455 e. The molecule has 1 aliphatic rings. The van der Waals surface area contributed by atoms with Gasteiger partial charge in [-0.05, 0) is 73.0 Å². The van der Waals surface area contributed by atoms with E-state index in [4.69, 9.17) is 8.83 Å². The van der Waals surface area contributed by atoms with Gasteiger partial charge in [-0.25, -0.2) is 13.8 Å². The molecule has 1 atom stereocenters. The lowest BCUT2D eigenvalue weighted by Gasteiger charge is -2.34. The molecule has 0 unspecified atom stereocenters. The zero-order valence-electron chi connectivity index (χ0n) is 24.4. The highest BCUT2D eigenvalue weighted by molar-refractivity contribution is 7.99. The monoisotopic (exact) mass is 616 g/mol. The molecule has 2 aromatic heterocycles. The Labute approximate surface area is 257 Å². The van der Waals surface area contributed by atoms with Crippen LogP contribution in [0.5, 0.6) is 0 Å². The van der Waals surface area contributed by atoms with Crippen molar-refractivity contribution >= 4 is 40.4 Å². The lowest BCUT2D eigenvalue weighted by atomic mass is 9.88. The number of rotatable bonds is 7.